The lowest BCUT2D eigenvalue weighted by molar-refractivity contribution is 0.0382. The molecule has 1 aromatic carbocycles. The van der Waals surface area contributed by atoms with Crippen LogP contribution in [0.1, 0.15) is 13.8 Å². The Labute approximate surface area is 153 Å². The van der Waals surface area contributed by atoms with Gasteiger partial charge in [-0.1, -0.05) is 11.6 Å². The normalized spacial score (nSPS) is 25.4. The molecule has 0 saturated carbocycles. The van der Waals surface area contributed by atoms with Crippen molar-refractivity contribution in [3.05, 3.63) is 29.3 Å². The number of halogens is 1. The third kappa shape index (κ3) is 3.48. The molecule has 0 aromatic heterocycles. The lowest BCUT2D eigenvalue weighted by Gasteiger charge is -2.35. The maximum absolute atomic E-state index is 13.0. The Balaban J connectivity index is 1.82. The molecule has 2 aliphatic rings. The van der Waals surface area contributed by atoms with Gasteiger partial charge in [0.05, 0.1) is 24.3 Å². The van der Waals surface area contributed by atoms with Crippen molar-refractivity contribution < 1.29 is 17.9 Å². The maximum atomic E-state index is 13.0. The SMILES string of the molecule is C[C@H]1CN(S(=O)(=O)c2ccc(Cl)cc2)[C@@H](C)N1C(=O)N1CCOCC1. The Bertz CT molecular complexity index is 734. The second-order valence-electron chi connectivity index (χ2n) is 6.30. The predicted octanol–water partition coefficient (Wildman–Crippen LogP) is 1.83. The number of morpholine rings is 1. The van der Waals surface area contributed by atoms with Gasteiger partial charge in [0.2, 0.25) is 10.0 Å². The van der Waals surface area contributed by atoms with Crippen molar-refractivity contribution in [3.8, 4) is 0 Å². The number of urea groups is 1. The molecule has 0 unspecified atom stereocenters. The van der Waals surface area contributed by atoms with Gasteiger partial charge in [0.25, 0.3) is 0 Å². The third-order valence-corrected chi connectivity index (χ3v) is 6.85. The van der Waals surface area contributed by atoms with Crippen molar-refractivity contribution in [2.24, 2.45) is 0 Å². The van der Waals surface area contributed by atoms with E-state index in [0.717, 1.165) is 0 Å². The highest BCUT2D eigenvalue weighted by molar-refractivity contribution is 7.89. The number of carbonyl (C=O) groups excluding carboxylic acids is 1. The number of sulfonamides is 1. The summed E-state index contributed by atoms with van der Waals surface area (Å²) in [6.07, 6.45) is -0.550. The van der Waals surface area contributed by atoms with E-state index in [1.807, 2.05) is 6.92 Å². The van der Waals surface area contributed by atoms with Gasteiger partial charge in [0.15, 0.2) is 0 Å². The number of amides is 2. The first-order valence-electron chi connectivity index (χ1n) is 8.25. The van der Waals surface area contributed by atoms with E-state index in [1.165, 1.54) is 16.4 Å². The van der Waals surface area contributed by atoms with Gasteiger partial charge in [0.1, 0.15) is 0 Å². The molecule has 0 radical (unpaired) electrons. The molecule has 1 aromatic rings. The molecule has 0 aliphatic carbocycles. The third-order valence-electron chi connectivity index (χ3n) is 4.66. The van der Waals surface area contributed by atoms with Crippen molar-refractivity contribution in [2.75, 3.05) is 32.8 Å². The minimum Gasteiger partial charge on any atom is -0.378 e. The van der Waals surface area contributed by atoms with E-state index < -0.39 is 16.2 Å². The second-order valence-corrected chi connectivity index (χ2v) is 8.63. The number of ether oxygens (including phenoxy) is 1. The average molecular weight is 388 g/mol. The molecule has 9 heteroatoms. The summed E-state index contributed by atoms with van der Waals surface area (Å²) in [5.41, 5.74) is 0. The van der Waals surface area contributed by atoms with Gasteiger partial charge in [0, 0.05) is 30.7 Å². The molecule has 3 rings (SSSR count). The zero-order valence-electron chi connectivity index (χ0n) is 14.3. The number of hydrogen-bond donors (Lipinski definition) is 0. The van der Waals surface area contributed by atoms with Crippen LogP contribution in [0, 0.1) is 0 Å². The van der Waals surface area contributed by atoms with Gasteiger partial charge >= 0.3 is 6.03 Å². The first-order valence-corrected chi connectivity index (χ1v) is 10.1. The summed E-state index contributed by atoms with van der Waals surface area (Å²) < 4.78 is 32.6. The van der Waals surface area contributed by atoms with E-state index in [0.29, 0.717) is 31.3 Å². The molecule has 2 aliphatic heterocycles. The highest BCUT2D eigenvalue weighted by atomic mass is 35.5. The molecule has 0 bridgehead atoms. The van der Waals surface area contributed by atoms with Gasteiger partial charge in [-0.15, -0.1) is 0 Å². The van der Waals surface area contributed by atoms with Crippen LogP contribution in [0.5, 0.6) is 0 Å². The summed E-state index contributed by atoms with van der Waals surface area (Å²) in [6, 6.07) is 5.73. The molecule has 138 valence electrons. The highest BCUT2D eigenvalue weighted by Crippen LogP contribution is 2.29. The predicted molar refractivity (Wildman–Crippen MR) is 93.9 cm³/mol. The summed E-state index contributed by atoms with van der Waals surface area (Å²) in [5, 5.41) is 0.478. The van der Waals surface area contributed by atoms with Gasteiger partial charge in [-0.2, -0.15) is 4.31 Å². The molecular weight excluding hydrogens is 366 g/mol. The van der Waals surface area contributed by atoms with Crippen LogP contribution in [0.2, 0.25) is 5.02 Å². The first-order chi connectivity index (χ1) is 11.8. The molecule has 25 heavy (non-hydrogen) atoms. The van der Waals surface area contributed by atoms with Crippen LogP contribution in [0.15, 0.2) is 29.2 Å². The van der Waals surface area contributed by atoms with Crippen LogP contribution < -0.4 is 0 Å². The Morgan fingerprint density at radius 1 is 1.16 bits per heavy atom. The van der Waals surface area contributed by atoms with Crippen LogP contribution in [-0.2, 0) is 14.8 Å². The van der Waals surface area contributed by atoms with Gasteiger partial charge in [-0.05, 0) is 38.1 Å². The van der Waals surface area contributed by atoms with Crippen molar-refractivity contribution in [3.63, 3.8) is 0 Å². The summed E-state index contributed by atoms with van der Waals surface area (Å²) in [7, 11) is -3.70. The molecule has 2 saturated heterocycles. The molecule has 7 nitrogen and oxygen atoms in total. The van der Waals surface area contributed by atoms with Crippen molar-refractivity contribution >= 4 is 27.7 Å². The van der Waals surface area contributed by atoms with Gasteiger partial charge in [-0.25, -0.2) is 13.2 Å². The Kier molecular flexibility index (Phi) is 5.24. The van der Waals surface area contributed by atoms with Crippen LogP contribution in [0.25, 0.3) is 0 Å². The van der Waals surface area contributed by atoms with Gasteiger partial charge in [-0.3, -0.25) is 0 Å². The zero-order valence-corrected chi connectivity index (χ0v) is 15.8. The quantitative estimate of drug-likeness (QED) is 0.776. The number of hydrogen-bond acceptors (Lipinski definition) is 4. The Morgan fingerprint density at radius 2 is 1.76 bits per heavy atom. The molecule has 2 heterocycles. The van der Waals surface area contributed by atoms with E-state index in [4.69, 9.17) is 16.3 Å². The number of carbonyl (C=O) groups is 1. The zero-order chi connectivity index (χ0) is 18.2. The monoisotopic (exact) mass is 387 g/mol. The van der Waals surface area contributed by atoms with Crippen molar-refractivity contribution in [1.29, 1.82) is 0 Å². The molecular formula is C16H22ClN3O4S. The lowest BCUT2D eigenvalue weighted by atomic mass is 10.3. The van der Waals surface area contributed by atoms with Crippen LogP contribution in [-0.4, -0.2) is 73.6 Å². The largest absolute Gasteiger partial charge is 0.378 e. The van der Waals surface area contributed by atoms with E-state index in [9.17, 15) is 13.2 Å². The first kappa shape index (κ1) is 18.4. The fraction of sp³-hybridized carbons (Fsp3) is 0.562. The number of nitrogens with zero attached hydrogens (tertiary/aromatic N) is 3. The van der Waals surface area contributed by atoms with Crippen LogP contribution >= 0.6 is 11.6 Å². The van der Waals surface area contributed by atoms with E-state index in [-0.39, 0.29) is 23.5 Å². The molecule has 2 amide bonds. The smallest absolute Gasteiger partial charge is 0.321 e. The standard InChI is InChI=1S/C16H22ClN3O4S/c1-12-11-19(25(22,23)15-5-3-14(17)4-6-15)13(2)20(12)16(21)18-7-9-24-10-8-18/h3-6,12-13H,7-11H2,1-2H3/t12-,13+/m0/s1. The van der Waals surface area contributed by atoms with Crippen LogP contribution in [0.4, 0.5) is 4.79 Å². The number of benzene rings is 1. The maximum Gasteiger partial charge on any atom is 0.321 e. The summed E-state index contributed by atoms with van der Waals surface area (Å²) in [4.78, 5) is 16.4. The number of rotatable bonds is 2. The molecule has 0 spiro atoms. The van der Waals surface area contributed by atoms with E-state index in [2.05, 4.69) is 0 Å². The van der Waals surface area contributed by atoms with Gasteiger partial charge < -0.3 is 14.5 Å². The summed E-state index contributed by atoms with van der Waals surface area (Å²) in [5.74, 6) is 0. The second kappa shape index (κ2) is 7.11. The molecule has 2 fully saturated rings. The van der Waals surface area contributed by atoms with E-state index in [1.54, 1.807) is 28.9 Å². The minimum absolute atomic E-state index is 0.142. The highest BCUT2D eigenvalue weighted by Gasteiger charge is 2.45. The minimum atomic E-state index is -3.70. The lowest BCUT2D eigenvalue weighted by Crippen LogP contribution is -2.52. The van der Waals surface area contributed by atoms with Crippen LogP contribution in [0.3, 0.4) is 0 Å². The topological polar surface area (TPSA) is 70.2 Å². The fourth-order valence-electron chi connectivity index (χ4n) is 3.32. The summed E-state index contributed by atoms with van der Waals surface area (Å²) in [6.45, 7) is 5.95. The Hall–Kier alpha value is -1.35. The average Bonchev–Trinajstić information content (AvgIpc) is 2.90. The van der Waals surface area contributed by atoms with Crippen molar-refractivity contribution in [1.82, 2.24) is 14.1 Å². The molecule has 0 N–H and O–H groups in total. The Morgan fingerprint density at radius 3 is 2.36 bits per heavy atom. The molecule has 2 atom stereocenters. The fourth-order valence-corrected chi connectivity index (χ4v) is 5.11. The van der Waals surface area contributed by atoms with E-state index >= 15 is 0 Å². The van der Waals surface area contributed by atoms with Crippen molar-refractivity contribution in [2.45, 2.75) is 31.0 Å². The summed E-state index contributed by atoms with van der Waals surface area (Å²) >= 11 is 5.85.